The summed E-state index contributed by atoms with van der Waals surface area (Å²) in [4.78, 5) is 76.2. The molecule has 3 fully saturated rings. The Hall–Kier alpha value is -8.11. The van der Waals surface area contributed by atoms with Gasteiger partial charge in [0.25, 0.3) is 17.7 Å². The van der Waals surface area contributed by atoms with Crippen molar-refractivity contribution >= 4 is 63.2 Å². The zero-order valence-electron chi connectivity index (χ0n) is 70.6. The van der Waals surface area contributed by atoms with Crippen molar-refractivity contribution in [2.24, 2.45) is 40.5 Å². The Kier molecular flexibility index (Phi) is 38.6. The highest BCUT2D eigenvalue weighted by atomic mass is 16.6. The first-order valence-corrected chi connectivity index (χ1v) is 41.9. The predicted molar refractivity (Wildman–Crippen MR) is 441 cm³/mol. The number of aryl methyl sites for hydroxylation is 1. The number of nitrogens with two attached hydrogens (primary N) is 3. The number of ether oxygens (including phenoxy) is 11. The van der Waals surface area contributed by atoms with Crippen molar-refractivity contribution in [1.29, 1.82) is 0 Å². The number of hydrogen-bond acceptors (Lipinski definition) is 31. The molecule has 9 unspecified atom stereocenters. The lowest BCUT2D eigenvalue weighted by molar-refractivity contribution is -0.265. The number of nitrogens with one attached hydrogen (secondary N) is 1. The SMILES string of the molecule is COC1C[C@@H]2CC[C@@H](C)[C@@](O)(O2)C(=O)C(=O)N2CCCCC2C(=O)OC([C@H](N)CC2CCC(O)[C@H](OC)C2)C[C@@H](OC)C(C)/C=C(\C)C(O)[C@@H](O)/C(=N\OCc2cn(CCOCCOCCOCCOCCOCCOCCC(=O)NCCCCn3nc(-c4ccc5oc(N)nc5c4)c4c(N)ncnc43)nn2)C(C)CC(C)/C=C/C=CC=C1C. The summed E-state index contributed by atoms with van der Waals surface area (Å²) in [6.45, 7) is 16.9. The molecule has 7 heterocycles. The summed E-state index contributed by atoms with van der Waals surface area (Å²) in [7, 11) is 4.66. The van der Waals surface area contributed by atoms with Crippen LogP contribution in [0.2, 0.25) is 0 Å². The van der Waals surface area contributed by atoms with E-state index in [1.807, 2.05) is 70.2 Å². The van der Waals surface area contributed by atoms with Crippen molar-refractivity contribution in [3.63, 3.8) is 0 Å². The third-order valence-corrected chi connectivity index (χ3v) is 22.6. The average Bonchev–Trinajstić information content (AvgIpc) is 1.62. The van der Waals surface area contributed by atoms with Crippen molar-refractivity contribution in [3.8, 4) is 11.3 Å². The number of allylic oxidation sites excluding steroid dienone is 5. The van der Waals surface area contributed by atoms with Gasteiger partial charge in [0, 0.05) is 89.6 Å². The van der Waals surface area contributed by atoms with E-state index in [0.717, 1.165) is 24.0 Å². The molecular weight excluding hydrogens is 1540 g/mol. The second-order valence-corrected chi connectivity index (χ2v) is 31.6. The third-order valence-electron chi connectivity index (χ3n) is 22.6. The van der Waals surface area contributed by atoms with Crippen LogP contribution < -0.4 is 22.5 Å². The maximum absolute atomic E-state index is 14.8. The zero-order chi connectivity index (χ0) is 85.4. The fourth-order valence-corrected chi connectivity index (χ4v) is 15.7. The number of benzene rings is 1. The summed E-state index contributed by atoms with van der Waals surface area (Å²) in [6, 6.07) is 3.63. The molecule has 2 amide bonds. The second-order valence-electron chi connectivity index (χ2n) is 31.6. The van der Waals surface area contributed by atoms with Crippen LogP contribution in [0.3, 0.4) is 0 Å². The summed E-state index contributed by atoms with van der Waals surface area (Å²) in [5.41, 5.74) is 24.2. The highest BCUT2D eigenvalue weighted by Crippen LogP contribution is 2.39. The van der Waals surface area contributed by atoms with E-state index >= 15 is 0 Å². The van der Waals surface area contributed by atoms with Crippen LogP contribution >= 0.6 is 0 Å². The van der Waals surface area contributed by atoms with Crippen LogP contribution in [0.1, 0.15) is 144 Å². The number of anilines is 2. The normalized spacial score (nSPS) is 27.7. The van der Waals surface area contributed by atoms with Gasteiger partial charge in [0.05, 0.1) is 134 Å². The Labute approximate surface area is 696 Å². The number of hydrogen-bond donors (Lipinski definition) is 8. The number of fused-ring (bicyclic) bond motifs is 5. The van der Waals surface area contributed by atoms with E-state index in [9.17, 15) is 39.6 Å². The number of amides is 2. The Morgan fingerprint density at radius 2 is 1.47 bits per heavy atom. The van der Waals surface area contributed by atoms with E-state index in [1.165, 1.54) is 18.3 Å². The van der Waals surface area contributed by atoms with Crippen LogP contribution in [-0.4, -0.2) is 275 Å². The van der Waals surface area contributed by atoms with Gasteiger partial charge in [-0.3, -0.25) is 14.4 Å². The number of ketones is 1. The number of cyclic esters (lactones) is 1. The first-order chi connectivity index (χ1) is 57.4. The number of oxazole rings is 1. The number of esters is 1. The molecule has 5 aromatic rings. The van der Waals surface area contributed by atoms with Crippen LogP contribution in [0.15, 0.2) is 87.9 Å². The van der Waals surface area contributed by atoms with E-state index in [1.54, 1.807) is 55.8 Å². The van der Waals surface area contributed by atoms with Gasteiger partial charge in [-0.1, -0.05) is 74.5 Å². The Balaban J connectivity index is 0.683. The fourth-order valence-electron chi connectivity index (χ4n) is 15.7. The topological polar surface area (TPSA) is 466 Å². The number of aliphatic hydroxyl groups is 4. The lowest BCUT2D eigenvalue weighted by atomic mass is 9.80. The van der Waals surface area contributed by atoms with Gasteiger partial charge in [0.1, 0.15) is 53.4 Å². The lowest BCUT2D eigenvalue weighted by Crippen LogP contribution is -2.61. The average molecular weight is 1670 g/mol. The molecule has 1 aromatic carbocycles. The van der Waals surface area contributed by atoms with Crippen LogP contribution in [0.5, 0.6) is 0 Å². The number of carbonyl (C=O) groups excluding carboxylic acids is 4. The number of nitrogen functional groups attached to an aromatic ring is 2. The van der Waals surface area contributed by atoms with Gasteiger partial charge in [-0.25, -0.2) is 24.1 Å². The number of aromatic nitrogens is 8. The van der Waals surface area contributed by atoms with Crippen LogP contribution in [0.25, 0.3) is 33.4 Å². The molecule has 4 aromatic heterocycles. The lowest BCUT2D eigenvalue weighted by Gasteiger charge is -2.43. The van der Waals surface area contributed by atoms with Gasteiger partial charge >= 0.3 is 5.97 Å². The number of nitrogens with zero attached hydrogens (tertiary/aromatic N) is 10. The standard InChI is InChI=1S/C84H128N14O21/c1-53-17-11-10-12-18-54(2)68(107-7)48-62-23-20-58(6)84(106,119-62)78(103)81(104)97-28-15-13-19-65(97)82(105)117-70(63(85)45-59-21-24-66(99)71(46-59)109-9)49-69(108-8)55(3)44-57(5)76(101)77(102)74(56(4)43-53)94-116-51-61-50-96(95-92-61)30-32-111-34-36-113-38-40-115-42-41-114-39-37-112-35-33-110-31-26-72(100)88-27-14-16-29-98-80-73(79(86)89-52-90-80)75(93-98)60-22-25-67-64(47-60)91-83(87)118-67/h10-12,17-18,22,25,44,47,50,52-53,55-56,58-59,62-63,65-66,68-71,76-77,99,101-102,106H,13-16,19-21,23-24,26-43,45-46,48-49,51,85H2,1-9H3,(H2,87,91)(H,88,100)(H2,86,89,90)/b12-10?,17-11+,54-18?,57-44+,94-74-/t53?,55?,56?,58-,59?,62+,63-,65?,66?,68?,69-,70?,71-,76?,77+,84-/m1/s1. The molecule has 1 aliphatic carbocycles. The zero-order valence-corrected chi connectivity index (χ0v) is 70.6. The van der Waals surface area contributed by atoms with E-state index in [2.05, 4.69) is 35.7 Å². The fraction of sp³-hybridized carbons (Fsp3) is 0.679. The maximum Gasteiger partial charge on any atom is 0.329 e. The summed E-state index contributed by atoms with van der Waals surface area (Å²) in [6.07, 6.45) is 14.5. The quantitative estimate of drug-likeness (QED) is 0.00701. The third kappa shape index (κ3) is 28.2. The number of oxime groups is 1. The highest BCUT2D eigenvalue weighted by Gasteiger charge is 2.53. The minimum absolute atomic E-state index is 0.00847. The van der Waals surface area contributed by atoms with E-state index in [-0.39, 0.29) is 74.9 Å². The van der Waals surface area contributed by atoms with Gasteiger partial charge in [-0.15, -0.1) is 5.10 Å². The summed E-state index contributed by atoms with van der Waals surface area (Å²) in [5, 5.41) is 68.5. The van der Waals surface area contributed by atoms with Crippen molar-refractivity contribution in [2.75, 3.05) is 125 Å². The molecule has 660 valence electrons. The smallest absolute Gasteiger partial charge is 0.329 e. The Morgan fingerprint density at radius 3 is 2.18 bits per heavy atom. The molecule has 1 saturated carbocycles. The molecule has 2 saturated heterocycles. The van der Waals surface area contributed by atoms with Gasteiger partial charge in [0.2, 0.25) is 11.7 Å². The molecule has 0 radical (unpaired) electrons. The summed E-state index contributed by atoms with van der Waals surface area (Å²) < 4.78 is 73.1. The number of unbranched alkanes of at least 4 members (excludes halogenated alkanes) is 1. The second kappa shape index (κ2) is 48.5. The first kappa shape index (κ1) is 94.7. The Bertz CT molecular complexity index is 4130. The number of aliphatic hydroxyl groups excluding tert-OH is 3. The van der Waals surface area contributed by atoms with Crippen molar-refractivity contribution in [1.82, 2.24) is 49.9 Å². The predicted octanol–water partition coefficient (Wildman–Crippen LogP) is 6.46. The minimum atomic E-state index is -2.47. The number of rotatable bonds is 36. The van der Waals surface area contributed by atoms with Crippen molar-refractivity contribution < 1.29 is 101 Å². The molecule has 119 heavy (non-hydrogen) atoms. The first-order valence-electron chi connectivity index (χ1n) is 41.9. The molecule has 35 heteroatoms. The van der Waals surface area contributed by atoms with Crippen LogP contribution in [-0.2, 0) is 95.8 Å². The molecule has 9 rings (SSSR count). The van der Waals surface area contributed by atoms with Crippen molar-refractivity contribution in [3.05, 3.63) is 84.0 Å². The largest absolute Gasteiger partial charge is 0.459 e. The minimum Gasteiger partial charge on any atom is -0.459 e. The van der Waals surface area contributed by atoms with E-state index in [4.69, 9.17) is 83.7 Å². The maximum atomic E-state index is 14.8. The molecule has 0 spiro atoms. The Morgan fingerprint density at radius 1 is 0.765 bits per heavy atom. The number of methoxy groups -OCH3 is 3. The molecule has 11 N–H and O–H groups in total. The number of Topliss-reactive ketones (excluding diaryl/α,β-unsaturated/α-hetero) is 1. The van der Waals surface area contributed by atoms with E-state index in [0.29, 0.717) is 195 Å². The van der Waals surface area contributed by atoms with Crippen LogP contribution in [0, 0.1) is 29.6 Å². The molecule has 2 bridgehead atoms. The molecular formula is C84H128N14O21. The molecule has 3 aliphatic heterocycles. The van der Waals surface area contributed by atoms with Crippen LogP contribution in [0.4, 0.5) is 11.8 Å². The van der Waals surface area contributed by atoms with Gasteiger partial charge in [-0.2, -0.15) is 10.1 Å². The van der Waals surface area contributed by atoms with E-state index < -0.39 is 102 Å². The van der Waals surface area contributed by atoms with Gasteiger partial charge in [-0.05, 0) is 132 Å². The summed E-state index contributed by atoms with van der Waals surface area (Å²) >= 11 is 0. The summed E-state index contributed by atoms with van der Waals surface area (Å²) in [5.74, 6) is -6.86. The van der Waals surface area contributed by atoms with Gasteiger partial charge in [0.15, 0.2) is 17.8 Å². The van der Waals surface area contributed by atoms with Crippen molar-refractivity contribution in [2.45, 2.75) is 224 Å². The molecule has 16 atom stereocenters. The number of carbonyl (C=O) groups is 4. The number of piperidine rings is 1. The highest BCUT2D eigenvalue weighted by molar-refractivity contribution is 6.39. The monoisotopic (exact) mass is 1670 g/mol. The molecule has 4 aliphatic rings. The molecule has 35 nitrogen and oxygen atoms in total. The van der Waals surface area contributed by atoms with Gasteiger partial charge < -0.3 is 109 Å².